The zero-order chi connectivity index (χ0) is 16.7. The van der Waals surface area contributed by atoms with E-state index in [2.05, 4.69) is 30.8 Å². The van der Waals surface area contributed by atoms with Crippen molar-refractivity contribution < 1.29 is 4.79 Å². The number of benzene rings is 1. The lowest BCUT2D eigenvalue weighted by Gasteiger charge is -2.11. The molecule has 0 aliphatic heterocycles. The number of halogens is 1. The number of anilines is 3. The number of carbonyl (C=O) groups is 1. The number of carbonyl (C=O) groups excluding carboxylic acids is 1. The van der Waals surface area contributed by atoms with Gasteiger partial charge in [-0.25, -0.2) is 4.98 Å². The zero-order valence-electron chi connectivity index (χ0n) is 12.5. The third kappa shape index (κ3) is 2.83. The smallest absolute Gasteiger partial charge is 0.254 e. The first kappa shape index (κ1) is 14.7. The summed E-state index contributed by atoms with van der Waals surface area (Å²) in [7, 11) is 0. The van der Waals surface area contributed by atoms with Crippen LogP contribution in [0.25, 0.3) is 10.9 Å². The molecular formula is C15H14ClN7O. The monoisotopic (exact) mass is 343 g/mol. The molecule has 24 heavy (non-hydrogen) atoms. The van der Waals surface area contributed by atoms with E-state index in [1.807, 2.05) is 18.2 Å². The standard InChI is InChI=1S/C15H14ClN7O/c16-12-9-5-8(3-4-11(9)22-23-12)20-15-18-6-10(13(17)24)14(21-15)19-7-1-2-7/h3-7H,1-2H2,(H2,17,24)(H,22,23)(H2,18,19,20,21). The van der Waals surface area contributed by atoms with Gasteiger partial charge in [0.1, 0.15) is 5.82 Å². The van der Waals surface area contributed by atoms with E-state index in [9.17, 15) is 4.79 Å². The summed E-state index contributed by atoms with van der Waals surface area (Å²) in [5.74, 6) is 0.253. The first-order valence-corrected chi connectivity index (χ1v) is 7.82. The molecule has 1 aliphatic carbocycles. The Bertz CT molecular complexity index is 935. The van der Waals surface area contributed by atoms with Crippen molar-refractivity contribution in [2.24, 2.45) is 5.73 Å². The minimum absolute atomic E-state index is 0.279. The fraction of sp³-hybridized carbons (Fsp3) is 0.200. The van der Waals surface area contributed by atoms with Gasteiger partial charge in [0.2, 0.25) is 5.95 Å². The summed E-state index contributed by atoms with van der Waals surface area (Å²) in [5.41, 5.74) is 7.25. The van der Waals surface area contributed by atoms with Crippen LogP contribution in [0.15, 0.2) is 24.4 Å². The van der Waals surface area contributed by atoms with Crippen LogP contribution in [0.3, 0.4) is 0 Å². The van der Waals surface area contributed by atoms with Gasteiger partial charge in [0.05, 0.1) is 11.1 Å². The molecule has 0 unspecified atom stereocenters. The minimum atomic E-state index is -0.559. The highest BCUT2D eigenvalue weighted by Gasteiger charge is 2.24. The lowest BCUT2D eigenvalue weighted by Crippen LogP contribution is -2.17. The molecule has 9 heteroatoms. The molecule has 0 spiro atoms. The van der Waals surface area contributed by atoms with Crippen LogP contribution in [0.2, 0.25) is 5.15 Å². The molecule has 3 aromatic rings. The molecule has 8 nitrogen and oxygen atoms in total. The fourth-order valence-electron chi connectivity index (χ4n) is 2.34. The molecule has 5 N–H and O–H groups in total. The molecule has 1 saturated carbocycles. The summed E-state index contributed by atoms with van der Waals surface area (Å²) in [6.07, 6.45) is 3.53. The molecule has 0 bridgehead atoms. The summed E-state index contributed by atoms with van der Waals surface area (Å²) in [6.45, 7) is 0. The van der Waals surface area contributed by atoms with Crippen LogP contribution in [-0.2, 0) is 0 Å². The van der Waals surface area contributed by atoms with Crippen molar-refractivity contribution in [1.82, 2.24) is 20.2 Å². The van der Waals surface area contributed by atoms with Gasteiger partial charge in [-0.15, -0.1) is 0 Å². The molecular weight excluding hydrogens is 330 g/mol. The van der Waals surface area contributed by atoms with E-state index in [1.54, 1.807) is 0 Å². The van der Waals surface area contributed by atoms with Crippen LogP contribution in [0.4, 0.5) is 17.5 Å². The van der Waals surface area contributed by atoms with Crippen molar-refractivity contribution in [3.8, 4) is 0 Å². The van der Waals surface area contributed by atoms with Gasteiger partial charge in [0.15, 0.2) is 5.15 Å². The molecule has 4 rings (SSSR count). The van der Waals surface area contributed by atoms with Crippen molar-refractivity contribution in [2.45, 2.75) is 18.9 Å². The molecule has 2 aromatic heterocycles. The number of rotatable bonds is 5. The Balaban J connectivity index is 1.64. The lowest BCUT2D eigenvalue weighted by molar-refractivity contribution is 0.100. The van der Waals surface area contributed by atoms with E-state index in [4.69, 9.17) is 17.3 Å². The van der Waals surface area contributed by atoms with Crippen molar-refractivity contribution in [2.75, 3.05) is 10.6 Å². The van der Waals surface area contributed by atoms with Gasteiger partial charge in [-0.1, -0.05) is 11.6 Å². The highest BCUT2D eigenvalue weighted by atomic mass is 35.5. The van der Waals surface area contributed by atoms with Gasteiger partial charge in [0.25, 0.3) is 5.91 Å². The molecule has 1 amide bonds. The van der Waals surface area contributed by atoms with Crippen molar-refractivity contribution in [3.63, 3.8) is 0 Å². The maximum absolute atomic E-state index is 11.5. The number of aromatic nitrogens is 4. The van der Waals surface area contributed by atoms with Gasteiger partial charge in [-0.3, -0.25) is 9.89 Å². The van der Waals surface area contributed by atoms with E-state index in [-0.39, 0.29) is 5.56 Å². The Morgan fingerprint density at radius 2 is 2.21 bits per heavy atom. The maximum Gasteiger partial charge on any atom is 0.254 e. The summed E-state index contributed by atoms with van der Waals surface area (Å²) in [5, 5.41) is 14.3. The highest BCUT2D eigenvalue weighted by molar-refractivity contribution is 6.34. The largest absolute Gasteiger partial charge is 0.367 e. The summed E-state index contributed by atoms with van der Waals surface area (Å²) in [6, 6.07) is 5.90. The van der Waals surface area contributed by atoms with Gasteiger partial charge >= 0.3 is 0 Å². The number of H-pyrrole nitrogens is 1. The Morgan fingerprint density at radius 1 is 1.38 bits per heavy atom. The number of fused-ring (bicyclic) bond motifs is 1. The Morgan fingerprint density at radius 3 is 2.96 bits per heavy atom. The predicted molar refractivity (Wildman–Crippen MR) is 91.6 cm³/mol. The molecule has 0 saturated heterocycles. The quantitative estimate of drug-likeness (QED) is 0.564. The second-order valence-electron chi connectivity index (χ2n) is 5.64. The van der Waals surface area contributed by atoms with Crippen molar-refractivity contribution in [3.05, 3.63) is 35.1 Å². The second kappa shape index (κ2) is 5.64. The van der Waals surface area contributed by atoms with Gasteiger partial charge in [0, 0.05) is 23.3 Å². The molecule has 1 aliphatic rings. The Hall–Kier alpha value is -2.87. The van der Waals surface area contributed by atoms with Crippen LogP contribution in [0.1, 0.15) is 23.2 Å². The lowest BCUT2D eigenvalue weighted by atomic mass is 10.2. The van der Waals surface area contributed by atoms with Gasteiger partial charge in [-0.2, -0.15) is 10.1 Å². The van der Waals surface area contributed by atoms with Crippen LogP contribution in [0.5, 0.6) is 0 Å². The van der Waals surface area contributed by atoms with Crippen LogP contribution in [-0.4, -0.2) is 32.1 Å². The first-order chi connectivity index (χ1) is 11.6. The Labute approximate surface area is 141 Å². The molecule has 0 atom stereocenters. The summed E-state index contributed by atoms with van der Waals surface area (Å²) < 4.78 is 0. The molecule has 0 radical (unpaired) electrons. The Kier molecular flexibility index (Phi) is 3.46. The number of primary amides is 1. The van der Waals surface area contributed by atoms with Gasteiger partial charge < -0.3 is 16.4 Å². The van der Waals surface area contributed by atoms with Gasteiger partial charge in [-0.05, 0) is 31.0 Å². The van der Waals surface area contributed by atoms with E-state index in [0.717, 1.165) is 29.4 Å². The number of amides is 1. The highest BCUT2D eigenvalue weighted by Crippen LogP contribution is 2.28. The molecule has 1 aromatic carbocycles. The van der Waals surface area contributed by atoms with Crippen LogP contribution >= 0.6 is 11.6 Å². The number of nitrogens with one attached hydrogen (secondary N) is 3. The third-order valence-corrected chi connectivity index (χ3v) is 4.03. The van der Waals surface area contributed by atoms with Crippen molar-refractivity contribution in [1.29, 1.82) is 0 Å². The molecule has 1 fully saturated rings. The van der Waals surface area contributed by atoms with E-state index < -0.39 is 5.91 Å². The molecule has 122 valence electrons. The predicted octanol–water partition coefficient (Wildman–Crippen LogP) is 2.42. The first-order valence-electron chi connectivity index (χ1n) is 7.44. The number of aromatic amines is 1. The maximum atomic E-state index is 11.5. The topological polar surface area (TPSA) is 122 Å². The second-order valence-corrected chi connectivity index (χ2v) is 6.00. The SMILES string of the molecule is NC(=O)c1cnc(Nc2ccc3[nH]nc(Cl)c3c2)nc1NC1CC1. The fourth-order valence-corrected chi connectivity index (χ4v) is 2.54. The minimum Gasteiger partial charge on any atom is -0.367 e. The van der Waals surface area contributed by atoms with Crippen molar-refractivity contribution >= 4 is 45.9 Å². The normalized spacial score (nSPS) is 13.9. The average molecular weight is 344 g/mol. The zero-order valence-corrected chi connectivity index (χ0v) is 13.3. The molecule has 2 heterocycles. The van der Waals surface area contributed by atoms with Crippen LogP contribution in [0, 0.1) is 0 Å². The van der Waals surface area contributed by atoms with E-state index >= 15 is 0 Å². The third-order valence-electron chi connectivity index (χ3n) is 3.74. The number of hydrogen-bond acceptors (Lipinski definition) is 6. The number of nitrogens with two attached hydrogens (primary N) is 1. The average Bonchev–Trinajstić information content (AvgIpc) is 3.30. The van der Waals surface area contributed by atoms with Crippen LogP contribution < -0.4 is 16.4 Å². The van der Waals surface area contributed by atoms with E-state index in [1.165, 1.54) is 6.20 Å². The van der Waals surface area contributed by atoms with E-state index in [0.29, 0.717) is 23.0 Å². The number of hydrogen-bond donors (Lipinski definition) is 4. The number of nitrogens with zero attached hydrogens (tertiary/aromatic N) is 3. The summed E-state index contributed by atoms with van der Waals surface area (Å²) in [4.78, 5) is 20.0. The summed E-state index contributed by atoms with van der Waals surface area (Å²) >= 11 is 6.03.